The van der Waals surface area contributed by atoms with Crippen molar-refractivity contribution >= 4 is 34.9 Å². The van der Waals surface area contributed by atoms with Gasteiger partial charge in [-0.15, -0.1) is 0 Å². The van der Waals surface area contributed by atoms with Gasteiger partial charge in [0.25, 0.3) is 0 Å². The van der Waals surface area contributed by atoms with E-state index in [9.17, 15) is 19.2 Å². The Labute approximate surface area is 169 Å². The Morgan fingerprint density at radius 2 is 1.66 bits per heavy atom. The molecule has 0 heterocycles. The summed E-state index contributed by atoms with van der Waals surface area (Å²) in [5.74, 6) is -1.02. The van der Waals surface area contributed by atoms with E-state index in [4.69, 9.17) is 4.74 Å². The van der Waals surface area contributed by atoms with Crippen LogP contribution in [0.15, 0.2) is 48.5 Å². The lowest BCUT2D eigenvalue weighted by atomic mass is 10.1. The lowest BCUT2D eigenvalue weighted by molar-refractivity contribution is -0.117. The van der Waals surface area contributed by atoms with Gasteiger partial charge in [-0.25, -0.2) is 4.79 Å². The SMILES string of the molecule is CCOC(=O)c1ccc(NC(=O)CCN(C(C)=O)c2cccc(C(C)=O)c2)cc1. The van der Waals surface area contributed by atoms with Crippen molar-refractivity contribution in [3.8, 4) is 0 Å². The first-order chi connectivity index (χ1) is 13.8. The first-order valence-electron chi connectivity index (χ1n) is 9.28. The van der Waals surface area contributed by atoms with Crippen LogP contribution in [0.3, 0.4) is 0 Å². The molecule has 0 aromatic heterocycles. The topological polar surface area (TPSA) is 92.8 Å². The molecule has 2 amide bonds. The van der Waals surface area contributed by atoms with Gasteiger partial charge in [0, 0.05) is 36.8 Å². The summed E-state index contributed by atoms with van der Waals surface area (Å²) < 4.78 is 4.92. The van der Waals surface area contributed by atoms with E-state index in [1.807, 2.05) is 0 Å². The first-order valence-corrected chi connectivity index (χ1v) is 9.28. The van der Waals surface area contributed by atoms with Gasteiger partial charge in [0.05, 0.1) is 12.2 Å². The van der Waals surface area contributed by atoms with Crippen LogP contribution in [0, 0.1) is 0 Å². The van der Waals surface area contributed by atoms with Crippen molar-refractivity contribution in [3.63, 3.8) is 0 Å². The fourth-order valence-electron chi connectivity index (χ4n) is 2.70. The fraction of sp³-hybridized carbons (Fsp3) is 0.273. The maximum Gasteiger partial charge on any atom is 0.338 e. The van der Waals surface area contributed by atoms with Gasteiger partial charge in [-0.2, -0.15) is 0 Å². The van der Waals surface area contributed by atoms with Crippen LogP contribution in [0.2, 0.25) is 0 Å². The molecule has 0 saturated carbocycles. The molecule has 0 aliphatic rings. The molecule has 152 valence electrons. The Kier molecular flexibility index (Phi) is 7.65. The van der Waals surface area contributed by atoms with Gasteiger partial charge in [-0.1, -0.05) is 12.1 Å². The third kappa shape index (κ3) is 6.27. The van der Waals surface area contributed by atoms with Gasteiger partial charge in [0.1, 0.15) is 0 Å². The molecule has 2 rings (SSSR count). The van der Waals surface area contributed by atoms with E-state index in [-0.39, 0.29) is 30.6 Å². The van der Waals surface area contributed by atoms with E-state index in [1.54, 1.807) is 55.5 Å². The van der Waals surface area contributed by atoms with Gasteiger partial charge >= 0.3 is 5.97 Å². The summed E-state index contributed by atoms with van der Waals surface area (Å²) in [4.78, 5) is 49.0. The summed E-state index contributed by atoms with van der Waals surface area (Å²) >= 11 is 0. The number of hydrogen-bond donors (Lipinski definition) is 1. The highest BCUT2D eigenvalue weighted by molar-refractivity contribution is 5.98. The molecular weight excluding hydrogens is 372 g/mol. The van der Waals surface area contributed by atoms with E-state index < -0.39 is 5.97 Å². The van der Waals surface area contributed by atoms with E-state index in [2.05, 4.69) is 5.32 Å². The van der Waals surface area contributed by atoms with Crippen molar-refractivity contribution in [1.29, 1.82) is 0 Å². The number of Topliss-reactive ketones (excluding diaryl/α,β-unsaturated/α-hetero) is 1. The van der Waals surface area contributed by atoms with Crippen LogP contribution in [0.4, 0.5) is 11.4 Å². The molecular formula is C22H24N2O5. The number of nitrogens with one attached hydrogen (secondary N) is 1. The molecule has 1 N–H and O–H groups in total. The maximum atomic E-state index is 12.3. The molecule has 0 aliphatic carbocycles. The standard InChI is InChI=1S/C22H24N2O5/c1-4-29-22(28)17-8-10-19(11-9-17)23-21(27)12-13-24(16(3)26)20-7-5-6-18(14-20)15(2)25/h5-11,14H,4,12-13H2,1-3H3,(H,23,27). The largest absolute Gasteiger partial charge is 0.462 e. The zero-order valence-electron chi connectivity index (χ0n) is 16.7. The Morgan fingerprint density at radius 1 is 0.966 bits per heavy atom. The zero-order valence-corrected chi connectivity index (χ0v) is 16.7. The highest BCUT2D eigenvalue weighted by atomic mass is 16.5. The number of ketones is 1. The van der Waals surface area contributed by atoms with Crippen LogP contribution in [-0.4, -0.2) is 36.7 Å². The van der Waals surface area contributed by atoms with Crippen LogP contribution in [0.25, 0.3) is 0 Å². The second-order valence-corrected chi connectivity index (χ2v) is 6.37. The van der Waals surface area contributed by atoms with Crippen LogP contribution >= 0.6 is 0 Å². The van der Waals surface area contributed by atoms with Gasteiger partial charge in [0.15, 0.2) is 5.78 Å². The predicted molar refractivity (Wildman–Crippen MR) is 110 cm³/mol. The van der Waals surface area contributed by atoms with Crippen molar-refractivity contribution in [2.75, 3.05) is 23.4 Å². The average Bonchev–Trinajstić information content (AvgIpc) is 2.69. The highest BCUT2D eigenvalue weighted by Crippen LogP contribution is 2.18. The third-order valence-corrected chi connectivity index (χ3v) is 4.19. The van der Waals surface area contributed by atoms with E-state index in [1.165, 1.54) is 18.7 Å². The number of esters is 1. The highest BCUT2D eigenvalue weighted by Gasteiger charge is 2.15. The molecule has 0 unspecified atom stereocenters. The van der Waals surface area contributed by atoms with E-state index >= 15 is 0 Å². The maximum absolute atomic E-state index is 12.3. The summed E-state index contributed by atoms with van der Waals surface area (Å²) in [6, 6.07) is 13.1. The number of amides is 2. The molecule has 0 radical (unpaired) electrons. The van der Waals surface area contributed by atoms with Gasteiger partial charge in [-0.05, 0) is 50.2 Å². The molecule has 7 nitrogen and oxygen atoms in total. The lowest BCUT2D eigenvalue weighted by Crippen LogP contribution is -2.32. The molecule has 0 atom stereocenters. The van der Waals surface area contributed by atoms with Crippen LogP contribution in [0.5, 0.6) is 0 Å². The third-order valence-electron chi connectivity index (χ3n) is 4.19. The molecule has 2 aromatic carbocycles. The fourth-order valence-corrected chi connectivity index (χ4v) is 2.70. The van der Waals surface area contributed by atoms with Crippen molar-refractivity contribution < 1.29 is 23.9 Å². The number of rotatable bonds is 8. The quantitative estimate of drug-likeness (QED) is 0.545. The van der Waals surface area contributed by atoms with Gasteiger partial charge < -0.3 is 15.0 Å². The molecule has 0 fully saturated rings. The minimum absolute atomic E-state index is 0.0729. The zero-order chi connectivity index (χ0) is 21.4. The normalized spacial score (nSPS) is 10.2. The minimum atomic E-state index is -0.421. The number of carbonyl (C=O) groups excluding carboxylic acids is 4. The number of benzene rings is 2. The van der Waals surface area contributed by atoms with Crippen molar-refractivity contribution in [2.24, 2.45) is 0 Å². The summed E-state index contributed by atoms with van der Waals surface area (Å²) in [5, 5.41) is 2.73. The molecule has 2 aromatic rings. The second kappa shape index (κ2) is 10.2. The summed E-state index contributed by atoms with van der Waals surface area (Å²) in [7, 11) is 0. The Balaban J connectivity index is 1.99. The van der Waals surface area contributed by atoms with E-state index in [0.29, 0.717) is 29.1 Å². The number of carbonyl (C=O) groups is 4. The number of ether oxygens (including phenoxy) is 1. The Bertz CT molecular complexity index is 906. The molecule has 0 aliphatic heterocycles. The molecule has 0 spiro atoms. The average molecular weight is 396 g/mol. The van der Waals surface area contributed by atoms with Crippen LogP contribution < -0.4 is 10.2 Å². The summed E-state index contributed by atoms with van der Waals surface area (Å²) in [6.07, 6.45) is 0.0729. The molecule has 29 heavy (non-hydrogen) atoms. The van der Waals surface area contributed by atoms with Crippen molar-refractivity contribution in [2.45, 2.75) is 27.2 Å². The predicted octanol–water partition coefficient (Wildman–Crippen LogP) is 3.45. The lowest BCUT2D eigenvalue weighted by Gasteiger charge is -2.21. The number of hydrogen-bond acceptors (Lipinski definition) is 5. The molecule has 7 heteroatoms. The molecule has 0 saturated heterocycles. The second-order valence-electron chi connectivity index (χ2n) is 6.37. The monoisotopic (exact) mass is 396 g/mol. The van der Waals surface area contributed by atoms with Gasteiger partial charge in [-0.3, -0.25) is 14.4 Å². The minimum Gasteiger partial charge on any atom is -0.462 e. The van der Waals surface area contributed by atoms with Crippen molar-refractivity contribution in [1.82, 2.24) is 0 Å². The smallest absolute Gasteiger partial charge is 0.338 e. The summed E-state index contributed by atoms with van der Waals surface area (Å²) in [6.45, 7) is 5.06. The Morgan fingerprint density at radius 3 is 2.24 bits per heavy atom. The number of anilines is 2. The molecule has 0 bridgehead atoms. The van der Waals surface area contributed by atoms with Crippen LogP contribution in [-0.2, 0) is 14.3 Å². The summed E-state index contributed by atoms with van der Waals surface area (Å²) in [5.41, 5.74) is 2.01. The Hall–Kier alpha value is -3.48. The van der Waals surface area contributed by atoms with Crippen LogP contribution in [0.1, 0.15) is 47.9 Å². The first kappa shape index (κ1) is 21.8. The van der Waals surface area contributed by atoms with E-state index in [0.717, 1.165) is 0 Å². The van der Waals surface area contributed by atoms with Gasteiger partial charge in [0.2, 0.25) is 11.8 Å². The van der Waals surface area contributed by atoms with Crippen molar-refractivity contribution in [3.05, 3.63) is 59.7 Å². The number of nitrogens with zero attached hydrogens (tertiary/aromatic N) is 1.